The Labute approximate surface area is 164 Å². The first-order valence-electron chi connectivity index (χ1n) is 8.76. The van der Waals surface area contributed by atoms with Crippen LogP contribution in [-0.2, 0) is 21.2 Å². The summed E-state index contributed by atoms with van der Waals surface area (Å²) in [6.07, 6.45) is 3.11. The molecule has 2 aromatic rings. The van der Waals surface area contributed by atoms with Gasteiger partial charge in [-0.1, -0.05) is 37.6 Å². The van der Waals surface area contributed by atoms with Crippen LogP contribution in [0.15, 0.2) is 47.4 Å². The zero-order valence-corrected chi connectivity index (χ0v) is 16.6. The van der Waals surface area contributed by atoms with Gasteiger partial charge < -0.3 is 9.47 Å². The van der Waals surface area contributed by atoms with Gasteiger partial charge in [-0.15, -0.1) is 0 Å². The lowest BCUT2D eigenvalue weighted by Crippen LogP contribution is -2.17. The van der Waals surface area contributed by atoms with Crippen LogP contribution in [-0.4, -0.2) is 33.9 Å². The minimum absolute atomic E-state index is 0.116. The smallest absolute Gasteiger partial charge is 0.342 e. The maximum absolute atomic E-state index is 12.3. The molecular weight excluding hydrogens is 382 g/mol. The molecule has 2 rings (SSSR count). The molecule has 150 valence electrons. The van der Waals surface area contributed by atoms with Crippen molar-refractivity contribution >= 4 is 21.8 Å². The van der Waals surface area contributed by atoms with Gasteiger partial charge in [0, 0.05) is 5.56 Å². The molecule has 0 bridgehead atoms. The van der Waals surface area contributed by atoms with Crippen molar-refractivity contribution in [1.29, 1.82) is 0 Å². The number of ketones is 1. The molecule has 0 radical (unpaired) electrons. The first kappa shape index (κ1) is 21.6. The quantitative estimate of drug-likeness (QED) is 0.507. The molecule has 0 atom stereocenters. The number of unbranched alkanes of at least 4 members (excludes halogenated alkanes) is 1. The molecule has 0 heterocycles. The number of hydrogen-bond acceptors (Lipinski definition) is 6. The Morgan fingerprint density at radius 3 is 2.32 bits per heavy atom. The summed E-state index contributed by atoms with van der Waals surface area (Å²) >= 11 is 0. The molecule has 2 N–H and O–H groups in total. The molecule has 0 fully saturated rings. The number of carbonyl (C=O) groups excluding carboxylic acids is 2. The average molecular weight is 405 g/mol. The van der Waals surface area contributed by atoms with Crippen molar-refractivity contribution < 1.29 is 27.5 Å². The number of nitrogens with two attached hydrogens (primary N) is 1. The molecule has 8 heteroatoms. The number of primary sulfonamides is 1. The summed E-state index contributed by atoms with van der Waals surface area (Å²) in [4.78, 5) is 24.3. The van der Waals surface area contributed by atoms with E-state index in [9.17, 15) is 18.0 Å². The Bertz CT molecular complexity index is 951. The van der Waals surface area contributed by atoms with Crippen LogP contribution in [0, 0.1) is 0 Å². The highest BCUT2D eigenvalue weighted by molar-refractivity contribution is 7.89. The molecule has 0 aliphatic rings. The second kappa shape index (κ2) is 9.48. The summed E-state index contributed by atoms with van der Waals surface area (Å²) in [5.41, 5.74) is 1.44. The summed E-state index contributed by atoms with van der Waals surface area (Å²) in [6.45, 7) is 1.63. The van der Waals surface area contributed by atoms with Crippen LogP contribution >= 0.6 is 0 Å². The molecule has 7 nitrogen and oxygen atoms in total. The van der Waals surface area contributed by atoms with Crippen molar-refractivity contribution in [3.8, 4) is 5.75 Å². The Morgan fingerprint density at radius 1 is 1.07 bits per heavy atom. The Hall–Kier alpha value is -2.71. The molecule has 0 aliphatic carbocycles. The van der Waals surface area contributed by atoms with E-state index in [-0.39, 0.29) is 22.0 Å². The van der Waals surface area contributed by atoms with Gasteiger partial charge in [0.05, 0.1) is 12.0 Å². The maximum atomic E-state index is 12.3. The van der Waals surface area contributed by atoms with Gasteiger partial charge in [-0.05, 0) is 36.6 Å². The normalized spacial score (nSPS) is 11.1. The number of aryl methyl sites for hydroxylation is 1. The molecule has 0 saturated carbocycles. The predicted octanol–water partition coefficient (Wildman–Crippen LogP) is 2.72. The molecule has 2 aromatic carbocycles. The van der Waals surface area contributed by atoms with Crippen molar-refractivity contribution in [2.24, 2.45) is 5.14 Å². The van der Waals surface area contributed by atoms with Gasteiger partial charge in [-0.3, -0.25) is 4.79 Å². The molecule has 0 aromatic heterocycles. The van der Waals surface area contributed by atoms with Gasteiger partial charge in [0.1, 0.15) is 11.3 Å². The summed E-state index contributed by atoms with van der Waals surface area (Å²) < 4.78 is 33.1. The number of rotatable bonds is 9. The Balaban J connectivity index is 2.08. The van der Waals surface area contributed by atoms with Gasteiger partial charge in [0.2, 0.25) is 10.0 Å². The standard InChI is InChI=1S/C20H23NO6S/c1-3-4-5-14-6-8-15(9-7-14)18(22)13-27-20(23)17-12-16(28(21,24)25)10-11-19(17)26-2/h6-12H,3-5,13H2,1-2H3,(H2,21,24,25). The minimum atomic E-state index is -4.00. The van der Waals surface area contributed by atoms with Crippen LogP contribution in [0.5, 0.6) is 5.75 Å². The van der Waals surface area contributed by atoms with E-state index in [1.165, 1.54) is 19.2 Å². The van der Waals surface area contributed by atoms with E-state index in [1.807, 2.05) is 12.1 Å². The number of esters is 1. The number of carbonyl (C=O) groups is 2. The zero-order chi connectivity index (χ0) is 20.7. The van der Waals surface area contributed by atoms with E-state index >= 15 is 0 Å². The van der Waals surface area contributed by atoms with E-state index in [4.69, 9.17) is 14.6 Å². The summed E-state index contributed by atoms with van der Waals surface area (Å²) in [7, 11) is -2.67. The minimum Gasteiger partial charge on any atom is -0.496 e. The molecule has 0 aliphatic heterocycles. The zero-order valence-electron chi connectivity index (χ0n) is 15.8. The SMILES string of the molecule is CCCCc1ccc(C(=O)COC(=O)c2cc(S(N)(=O)=O)ccc2OC)cc1. The van der Waals surface area contributed by atoms with Crippen molar-refractivity contribution in [3.63, 3.8) is 0 Å². The van der Waals surface area contributed by atoms with Crippen LogP contribution in [0.1, 0.15) is 46.0 Å². The van der Waals surface area contributed by atoms with E-state index in [0.29, 0.717) is 5.56 Å². The summed E-state index contributed by atoms with van der Waals surface area (Å²) in [6, 6.07) is 10.7. The van der Waals surface area contributed by atoms with Crippen molar-refractivity contribution in [2.75, 3.05) is 13.7 Å². The fourth-order valence-corrected chi connectivity index (χ4v) is 3.09. The number of Topliss-reactive ketones (excluding diaryl/α,β-unsaturated/α-hetero) is 1. The van der Waals surface area contributed by atoms with Crippen molar-refractivity contribution in [1.82, 2.24) is 0 Å². The fourth-order valence-electron chi connectivity index (χ4n) is 2.55. The van der Waals surface area contributed by atoms with Gasteiger partial charge in [-0.25, -0.2) is 18.4 Å². The Kier molecular flexibility index (Phi) is 7.31. The highest BCUT2D eigenvalue weighted by Gasteiger charge is 2.19. The number of methoxy groups -OCH3 is 1. The van der Waals surface area contributed by atoms with Crippen LogP contribution in [0.25, 0.3) is 0 Å². The van der Waals surface area contributed by atoms with Gasteiger partial charge >= 0.3 is 5.97 Å². The van der Waals surface area contributed by atoms with Crippen LogP contribution < -0.4 is 9.88 Å². The average Bonchev–Trinajstić information content (AvgIpc) is 2.69. The van der Waals surface area contributed by atoms with E-state index in [2.05, 4.69) is 6.92 Å². The summed E-state index contributed by atoms with van der Waals surface area (Å²) in [5.74, 6) is -1.13. The van der Waals surface area contributed by atoms with Gasteiger partial charge in [-0.2, -0.15) is 0 Å². The predicted molar refractivity (Wildman–Crippen MR) is 104 cm³/mol. The maximum Gasteiger partial charge on any atom is 0.342 e. The highest BCUT2D eigenvalue weighted by atomic mass is 32.2. The first-order valence-corrected chi connectivity index (χ1v) is 10.3. The lowest BCUT2D eigenvalue weighted by atomic mass is 10.0. The van der Waals surface area contributed by atoms with E-state index in [0.717, 1.165) is 30.9 Å². The molecule has 0 amide bonds. The van der Waals surface area contributed by atoms with Gasteiger partial charge in [0.15, 0.2) is 12.4 Å². The molecule has 0 spiro atoms. The number of hydrogen-bond donors (Lipinski definition) is 1. The summed E-state index contributed by atoms with van der Waals surface area (Å²) in [5, 5.41) is 5.08. The van der Waals surface area contributed by atoms with Crippen LogP contribution in [0.3, 0.4) is 0 Å². The third kappa shape index (κ3) is 5.64. The van der Waals surface area contributed by atoms with Crippen LogP contribution in [0.4, 0.5) is 0 Å². The lowest BCUT2D eigenvalue weighted by molar-refractivity contribution is 0.0471. The van der Waals surface area contributed by atoms with Crippen molar-refractivity contribution in [3.05, 3.63) is 59.2 Å². The monoisotopic (exact) mass is 405 g/mol. The van der Waals surface area contributed by atoms with Crippen LogP contribution in [0.2, 0.25) is 0 Å². The number of sulfonamides is 1. The third-order valence-corrected chi connectivity index (χ3v) is 5.06. The van der Waals surface area contributed by atoms with Crippen molar-refractivity contribution in [2.45, 2.75) is 31.1 Å². The topological polar surface area (TPSA) is 113 Å². The van der Waals surface area contributed by atoms with E-state index < -0.39 is 22.6 Å². The van der Waals surface area contributed by atoms with E-state index in [1.54, 1.807) is 12.1 Å². The fraction of sp³-hybridized carbons (Fsp3) is 0.300. The second-order valence-electron chi connectivity index (χ2n) is 6.21. The third-order valence-electron chi connectivity index (χ3n) is 4.15. The largest absolute Gasteiger partial charge is 0.496 e. The first-order chi connectivity index (χ1) is 13.3. The molecule has 28 heavy (non-hydrogen) atoms. The lowest BCUT2D eigenvalue weighted by Gasteiger charge is -2.10. The second-order valence-corrected chi connectivity index (χ2v) is 7.77. The molecule has 0 saturated heterocycles. The number of benzene rings is 2. The highest BCUT2D eigenvalue weighted by Crippen LogP contribution is 2.23. The molecular formula is C20H23NO6S. The molecule has 0 unspecified atom stereocenters. The number of ether oxygens (including phenoxy) is 2. The Morgan fingerprint density at radius 2 is 1.75 bits per heavy atom. The van der Waals surface area contributed by atoms with Gasteiger partial charge in [0.25, 0.3) is 0 Å².